The maximum Gasteiger partial charge on any atom is 0.318 e. The third kappa shape index (κ3) is 4.23. The van der Waals surface area contributed by atoms with Crippen molar-refractivity contribution in [2.45, 2.75) is 19.4 Å². The number of ether oxygens (including phenoxy) is 2. The number of methoxy groups -OCH3 is 1. The van der Waals surface area contributed by atoms with Gasteiger partial charge in [0.05, 0.1) is 25.1 Å². The topological polar surface area (TPSA) is 100 Å². The zero-order valence-corrected chi connectivity index (χ0v) is 13.4. The monoisotopic (exact) mass is 325 g/mol. The Balaban J connectivity index is 2.06. The summed E-state index contributed by atoms with van der Waals surface area (Å²) in [6.45, 7) is 3.57. The van der Waals surface area contributed by atoms with Crippen LogP contribution in [0, 0.1) is 5.92 Å². The molecule has 1 aliphatic heterocycles. The summed E-state index contributed by atoms with van der Waals surface area (Å²) in [6, 6.07) is -0.273. The second-order valence-electron chi connectivity index (χ2n) is 5.59. The number of nitrogens with zero attached hydrogens (tertiary/aromatic N) is 1. The molecule has 0 radical (unpaired) electrons. The molecule has 8 nitrogen and oxygen atoms in total. The molecule has 128 valence electrons. The lowest BCUT2D eigenvalue weighted by Crippen LogP contribution is -2.47. The van der Waals surface area contributed by atoms with Gasteiger partial charge >= 0.3 is 6.03 Å². The smallest absolute Gasteiger partial charge is 0.318 e. The fourth-order valence-electron chi connectivity index (χ4n) is 2.55. The van der Waals surface area contributed by atoms with Gasteiger partial charge in [0.1, 0.15) is 12.4 Å². The molecule has 0 aromatic rings. The predicted octanol–water partition coefficient (Wildman–Crippen LogP) is 0.399. The number of allylic oxidation sites excluding steroid dienone is 1. The van der Waals surface area contributed by atoms with E-state index >= 15 is 0 Å². The fourth-order valence-corrected chi connectivity index (χ4v) is 2.55. The van der Waals surface area contributed by atoms with Crippen LogP contribution in [-0.4, -0.2) is 61.5 Å². The van der Waals surface area contributed by atoms with E-state index in [0.29, 0.717) is 38.5 Å². The Hall–Kier alpha value is -2.06. The molecule has 0 saturated carbocycles. The number of amides is 3. The largest absolute Gasteiger partial charge is 0.491 e. The summed E-state index contributed by atoms with van der Waals surface area (Å²) in [7, 11) is 1.58. The van der Waals surface area contributed by atoms with E-state index in [-0.39, 0.29) is 12.1 Å². The van der Waals surface area contributed by atoms with Crippen molar-refractivity contribution in [1.29, 1.82) is 0 Å². The first-order valence-corrected chi connectivity index (χ1v) is 7.58. The molecule has 1 saturated heterocycles. The molecule has 1 heterocycles. The van der Waals surface area contributed by atoms with Gasteiger partial charge in [-0.15, -0.1) is 0 Å². The Kier molecular flexibility index (Phi) is 6.00. The van der Waals surface area contributed by atoms with Gasteiger partial charge in [-0.2, -0.15) is 0 Å². The highest BCUT2D eigenvalue weighted by Gasteiger charge is 2.30. The van der Waals surface area contributed by atoms with Crippen LogP contribution in [0.3, 0.4) is 0 Å². The van der Waals surface area contributed by atoms with Gasteiger partial charge in [0.25, 0.3) is 5.91 Å². The molecule has 2 atom stereocenters. The van der Waals surface area contributed by atoms with Gasteiger partial charge in [0, 0.05) is 19.2 Å². The molecule has 1 aliphatic carbocycles. The number of fused-ring (bicyclic) bond motifs is 1. The Morgan fingerprint density at radius 1 is 1.52 bits per heavy atom. The summed E-state index contributed by atoms with van der Waals surface area (Å²) in [5.41, 5.74) is 2.53. The molecule has 1 unspecified atom stereocenters. The number of rotatable bonds is 4. The molecular weight excluding hydrogens is 302 g/mol. The van der Waals surface area contributed by atoms with Crippen molar-refractivity contribution in [1.82, 2.24) is 15.7 Å². The lowest BCUT2D eigenvalue weighted by molar-refractivity contribution is -0.131. The van der Waals surface area contributed by atoms with Crippen LogP contribution in [-0.2, 0) is 14.3 Å². The van der Waals surface area contributed by atoms with Crippen molar-refractivity contribution >= 4 is 11.9 Å². The van der Waals surface area contributed by atoms with Crippen LogP contribution in [0.4, 0.5) is 4.79 Å². The standard InChI is InChI=1S/C15H23N3O5/c1-10-9-23-13-7-11(14(19)17-21)3-4-12(13)8-18(10)15(20)16-5-6-22-2/h4,7,10-11,21H,3,5-6,8-9H2,1-2H3,(H,16,20)(H,17,19)/t10-,11?/m0/s1. The zero-order chi connectivity index (χ0) is 16.8. The lowest BCUT2D eigenvalue weighted by atomic mass is 9.94. The molecule has 8 heteroatoms. The van der Waals surface area contributed by atoms with Gasteiger partial charge in [0.15, 0.2) is 0 Å². The average molecular weight is 325 g/mol. The summed E-state index contributed by atoms with van der Waals surface area (Å²) >= 11 is 0. The highest BCUT2D eigenvalue weighted by atomic mass is 16.5. The summed E-state index contributed by atoms with van der Waals surface area (Å²) in [6.07, 6.45) is 4.03. The van der Waals surface area contributed by atoms with Gasteiger partial charge in [-0.1, -0.05) is 6.08 Å². The Morgan fingerprint density at radius 3 is 3.00 bits per heavy atom. The first-order chi connectivity index (χ1) is 11.1. The maximum absolute atomic E-state index is 12.3. The van der Waals surface area contributed by atoms with Gasteiger partial charge in [0.2, 0.25) is 0 Å². The minimum Gasteiger partial charge on any atom is -0.491 e. The van der Waals surface area contributed by atoms with Gasteiger partial charge in [-0.05, 0) is 19.4 Å². The lowest BCUT2D eigenvalue weighted by Gasteiger charge is -2.26. The Morgan fingerprint density at radius 2 is 2.30 bits per heavy atom. The molecule has 0 aromatic heterocycles. The predicted molar refractivity (Wildman–Crippen MR) is 81.6 cm³/mol. The van der Waals surface area contributed by atoms with E-state index in [1.807, 2.05) is 13.0 Å². The van der Waals surface area contributed by atoms with Crippen LogP contribution in [0.15, 0.2) is 23.5 Å². The first-order valence-electron chi connectivity index (χ1n) is 7.58. The summed E-state index contributed by atoms with van der Waals surface area (Å²) in [4.78, 5) is 25.5. The second kappa shape index (κ2) is 7.98. The first kappa shape index (κ1) is 17.3. The van der Waals surface area contributed by atoms with Gasteiger partial charge < -0.3 is 19.7 Å². The van der Waals surface area contributed by atoms with Crippen LogP contribution in [0.2, 0.25) is 0 Å². The number of hydroxylamine groups is 1. The molecular formula is C15H23N3O5. The molecule has 0 spiro atoms. The van der Waals surface area contributed by atoms with E-state index in [4.69, 9.17) is 14.7 Å². The Bertz CT molecular complexity index is 517. The number of urea groups is 1. The van der Waals surface area contributed by atoms with Crippen molar-refractivity contribution in [3.8, 4) is 0 Å². The van der Waals surface area contributed by atoms with Crippen molar-refractivity contribution in [3.63, 3.8) is 0 Å². The van der Waals surface area contributed by atoms with E-state index in [0.717, 1.165) is 5.57 Å². The maximum atomic E-state index is 12.3. The van der Waals surface area contributed by atoms with Crippen LogP contribution >= 0.6 is 0 Å². The number of carbonyl (C=O) groups excluding carboxylic acids is 2. The van der Waals surface area contributed by atoms with E-state index in [2.05, 4.69) is 5.32 Å². The van der Waals surface area contributed by atoms with E-state index in [9.17, 15) is 9.59 Å². The van der Waals surface area contributed by atoms with Crippen molar-refractivity contribution in [2.75, 3.05) is 33.4 Å². The highest BCUT2D eigenvalue weighted by Crippen LogP contribution is 2.28. The third-order valence-corrected chi connectivity index (χ3v) is 3.93. The van der Waals surface area contributed by atoms with Crippen LogP contribution in [0.1, 0.15) is 13.3 Å². The van der Waals surface area contributed by atoms with Crippen LogP contribution < -0.4 is 10.8 Å². The molecule has 0 bridgehead atoms. The SMILES string of the molecule is COCCNC(=O)N1CC2=CCC(C(=O)NO)C=C2OC[C@@H]1C. The van der Waals surface area contributed by atoms with E-state index < -0.39 is 11.8 Å². The quantitative estimate of drug-likeness (QED) is 0.395. The summed E-state index contributed by atoms with van der Waals surface area (Å²) in [5, 5.41) is 11.5. The number of hydrogen-bond acceptors (Lipinski definition) is 5. The fraction of sp³-hybridized carbons (Fsp3) is 0.600. The number of nitrogens with one attached hydrogen (secondary N) is 2. The van der Waals surface area contributed by atoms with E-state index in [1.165, 1.54) is 0 Å². The minimum absolute atomic E-state index is 0.102. The molecule has 3 N–H and O–H groups in total. The molecule has 3 amide bonds. The number of hydrogen-bond donors (Lipinski definition) is 3. The molecule has 2 aliphatic rings. The summed E-state index contributed by atoms with van der Waals surface area (Å²) < 4.78 is 10.7. The molecule has 2 rings (SSSR count). The van der Waals surface area contributed by atoms with Crippen molar-refractivity contribution < 1.29 is 24.3 Å². The molecule has 0 aromatic carbocycles. The average Bonchev–Trinajstić information content (AvgIpc) is 2.73. The Labute approximate surface area is 135 Å². The van der Waals surface area contributed by atoms with Gasteiger partial charge in [-0.25, -0.2) is 10.3 Å². The summed E-state index contributed by atoms with van der Waals surface area (Å²) in [5.74, 6) is -0.331. The highest BCUT2D eigenvalue weighted by molar-refractivity contribution is 5.80. The van der Waals surface area contributed by atoms with Crippen molar-refractivity contribution in [3.05, 3.63) is 23.5 Å². The van der Waals surface area contributed by atoms with E-state index in [1.54, 1.807) is 23.6 Å². The molecule has 1 fully saturated rings. The minimum atomic E-state index is -0.470. The van der Waals surface area contributed by atoms with Crippen LogP contribution in [0.5, 0.6) is 0 Å². The van der Waals surface area contributed by atoms with Gasteiger partial charge in [-0.3, -0.25) is 10.0 Å². The third-order valence-electron chi connectivity index (χ3n) is 3.93. The van der Waals surface area contributed by atoms with Crippen molar-refractivity contribution in [2.24, 2.45) is 5.92 Å². The normalized spacial score (nSPS) is 23.7. The molecule has 23 heavy (non-hydrogen) atoms. The van der Waals surface area contributed by atoms with Crippen LogP contribution in [0.25, 0.3) is 0 Å². The number of carbonyl (C=O) groups is 2. The second-order valence-corrected chi connectivity index (χ2v) is 5.59. The zero-order valence-electron chi connectivity index (χ0n) is 13.4.